The first-order valence-electron chi connectivity index (χ1n) is 5.72. The van der Waals surface area contributed by atoms with Crippen LogP contribution in [0.5, 0.6) is 0 Å². The zero-order valence-electron chi connectivity index (χ0n) is 10.3. The molecule has 6 heteroatoms. The first-order valence-corrected chi connectivity index (χ1v) is 5.72. The number of rotatable bonds is 2. The molecule has 0 saturated carbocycles. The van der Waals surface area contributed by atoms with Crippen LogP contribution in [0.25, 0.3) is 0 Å². The average Bonchev–Trinajstić information content (AvgIpc) is 2.77. The third-order valence-electron chi connectivity index (χ3n) is 3.06. The molecule has 1 heterocycles. The standard InChI is InChI=1S/C13H12F2N2O2/c1-19-12(18)11-3-2-10(6-9(11)7-16)17-5-4-13(14,15)8-17/h2-3,6H,4-5,8H2,1H3. The van der Waals surface area contributed by atoms with Crippen molar-refractivity contribution in [3.63, 3.8) is 0 Å². The predicted molar refractivity (Wildman–Crippen MR) is 64.3 cm³/mol. The quantitative estimate of drug-likeness (QED) is 0.770. The van der Waals surface area contributed by atoms with Crippen molar-refractivity contribution in [2.45, 2.75) is 12.3 Å². The van der Waals surface area contributed by atoms with Crippen molar-refractivity contribution in [2.75, 3.05) is 25.1 Å². The van der Waals surface area contributed by atoms with E-state index in [0.29, 0.717) is 5.69 Å². The molecule has 1 aromatic rings. The van der Waals surface area contributed by atoms with Gasteiger partial charge in [-0.3, -0.25) is 0 Å². The molecule has 4 nitrogen and oxygen atoms in total. The zero-order valence-corrected chi connectivity index (χ0v) is 10.3. The minimum atomic E-state index is -2.70. The molecule has 1 aromatic carbocycles. The third kappa shape index (κ3) is 2.65. The summed E-state index contributed by atoms with van der Waals surface area (Å²) in [5.74, 6) is -3.32. The van der Waals surface area contributed by atoms with Crippen LogP contribution >= 0.6 is 0 Å². The van der Waals surface area contributed by atoms with Crippen LogP contribution in [0.15, 0.2) is 18.2 Å². The molecule has 0 bridgehead atoms. The number of ether oxygens (including phenoxy) is 1. The van der Waals surface area contributed by atoms with Crippen LogP contribution in [0.3, 0.4) is 0 Å². The molecule has 19 heavy (non-hydrogen) atoms. The average molecular weight is 266 g/mol. The number of hydrogen-bond donors (Lipinski definition) is 0. The maximum Gasteiger partial charge on any atom is 0.339 e. The molecule has 1 fully saturated rings. The topological polar surface area (TPSA) is 53.3 Å². The third-order valence-corrected chi connectivity index (χ3v) is 3.06. The monoisotopic (exact) mass is 266 g/mol. The molecule has 0 radical (unpaired) electrons. The van der Waals surface area contributed by atoms with Gasteiger partial charge in [0.15, 0.2) is 0 Å². The van der Waals surface area contributed by atoms with Crippen LogP contribution in [0, 0.1) is 11.3 Å². The Hall–Kier alpha value is -2.16. The Balaban J connectivity index is 2.31. The lowest BCUT2D eigenvalue weighted by molar-refractivity contribution is 0.0257. The molecule has 100 valence electrons. The molecule has 1 saturated heterocycles. The number of hydrogen-bond acceptors (Lipinski definition) is 4. The fraction of sp³-hybridized carbons (Fsp3) is 0.385. The Bertz CT molecular complexity index is 552. The predicted octanol–water partition coefficient (Wildman–Crippen LogP) is 2.19. The summed E-state index contributed by atoms with van der Waals surface area (Å²) < 4.78 is 30.8. The van der Waals surface area contributed by atoms with Crippen LogP contribution in [-0.4, -0.2) is 32.1 Å². The number of esters is 1. The summed E-state index contributed by atoms with van der Waals surface area (Å²) >= 11 is 0. The Kier molecular flexibility index (Phi) is 3.38. The molecule has 0 aromatic heterocycles. The summed E-state index contributed by atoms with van der Waals surface area (Å²) in [5, 5.41) is 9.01. The SMILES string of the molecule is COC(=O)c1ccc(N2CCC(F)(F)C2)cc1C#N. The number of nitrogens with zero attached hydrogens (tertiary/aromatic N) is 2. The van der Waals surface area contributed by atoms with Gasteiger partial charge in [0, 0.05) is 18.7 Å². The smallest absolute Gasteiger partial charge is 0.339 e. The van der Waals surface area contributed by atoms with E-state index >= 15 is 0 Å². The number of halogens is 2. The maximum atomic E-state index is 13.1. The number of carbonyl (C=O) groups excluding carboxylic acids is 1. The van der Waals surface area contributed by atoms with E-state index in [-0.39, 0.29) is 30.6 Å². The van der Waals surface area contributed by atoms with Gasteiger partial charge in [0.1, 0.15) is 6.07 Å². The number of benzene rings is 1. The van der Waals surface area contributed by atoms with E-state index in [1.54, 1.807) is 6.07 Å². The number of anilines is 1. The second kappa shape index (κ2) is 4.84. The van der Waals surface area contributed by atoms with Crippen LogP contribution in [0.4, 0.5) is 14.5 Å². The van der Waals surface area contributed by atoms with Gasteiger partial charge < -0.3 is 9.64 Å². The van der Waals surface area contributed by atoms with E-state index < -0.39 is 11.9 Å². The summed E-state index contributed by atoms with van der Waals surface area (Å²) in [7, 11) is 1.22. The van der Waals surface area contributed by atoms with Crippen molar-refractivity contribution in [3.05, 3.63) is 29.3 Å². The lowest BCUT2D eigenvalue weighted by atomic mass is 10.1. The van der Waals surface area contributed by atoms with E-state index in [1.165, 1.54) is 24.1 Å². The highest BCUT2D eigenvalue weighted by molar-refractivity contribution is 5.92. The van der Waals surface area contributed by atoms with Crippen LogP contribution < -0.4 is 4.90 Å². The molecular weight excluding hydrogens is 254 g/mol. The molecule has 0 aliphatic carbocycles. The molecule has 2 rings (SSSR count). The van der Waals surface area contributed by atoms with Crippen molar-refractivity contribution >= 4 is 11.7 Å². The summed E-state index contributed by atoms with van der Waals surface area (Å²) in [4.78, 5) is 12.9. The maximum absolute atomic E-state index is 13.1. The minimum Gasteiger partial charge on any atom is -0.465 e. The number of carbonyl (C=O) groups is 1. The summed E-state index contributed by atoms with van der Waals surface area (Å²) in [6.07, 6.45) is -0.201. The lowest BCUT2D eigenvalue weighted by Crippen LogP contribution is -2.25. The molecule has 1 aliphatic rings. The Morgan fingerprint density at radius 1 is 1.53 bits per heavy atom. The Morgan fingerprint density at radius 2 is 2.26 bits per heavy atom. The normalized spacial score (nSPS) is 17.1. The van der Waals surface area contributed by atoms with Crippen molar-refractivity contribution in [1.29, 1.82) is 5.26 Å². The number of nitriles is 1. The van der Waals surface area contributed by atoms with Crippen molar-refractivity contribution in [3.8, 4) is 6.07 Å². The van der Waals surface area contributed by atoms with E-state index in [4.69, 9.17) is 5.26 Å². The second-order valence-corrected chi connectivity index (χ2v) is 4.36. The van der Waals surface area contributed by atoms with Crippen molar-refractivity contribution < 1.29 is 18.3 Å². The van der Waals surface area contributed by atoms with Crippen LogP contribution in [0.2, 0.25) is 0 Å². The molecule has 0 N–H and O–H groups in total. The highest BCUT2D eigenvalue weighted by atomic mass is 19.3. The zero-order chi connectivity index (χ0) is 14.0. The molecule has 0 amide bonds. The second-order valence-electron chi connectivity index (χ2n) is 4.36. The molecule has 0 unspecified atom stereocenters. The first kappa shape index (κ1) is 13.3. The highest BCUT2D eigenvalue weighted by Gasteiger charge is 2.38. The number of methoxy groups -OCH3 is 1. The van der Waals surface area contributed by atoms with Gasteiger partial charge in [0.25, 0.3) is 5.92 Å². The summed E-state index contributed by atoms with van der Waals surface area (Å²) in [5.41, 5.74) is 0.778. The van der Waals surface area contributed by atoms with E-state index in [0.717, 1.165) is 0 Å². The highest BCUT2D eigenvalue weighted by Crippen LogP contribution is 2.31. The lowest BCUT2D eigenvalue weighted by Gasteiger charge is -2.18. The Morgan fingerprint density at radius 3 is 2.79 bits per heavy atom. The molecule has 0 spiro atoms. The molecule has 0 atom stereocenters. The van der Waals surface area contributed by atoms with Gasteiger partial charge in [-0.2, -0.15) is 5.26 Å². The van der Waals surface area contributed by atoms with Gasteiger partial charge in [0.2, 0.25) is 0 Å². The first-order chi connectivity index (χ1) is 8.96. The van der Waals surface area contributed by atoms with Crippen molar-refractivity contribution in [2.24, 2.45) is 0 Å². The van der Waals surface area contributed by atoms with Gasteiger partial charge >= 0.3 is 5.97 Å². The Labute approximate surface area is 109 Å². The van der Waals surface area contributed by atoms with Crippen molar-refractivity contribution in [1.82, 2.24) is 0 Å². The summed E-state index contributed by atoms with van der Waals surface area (Å²) in [6, 6.07) is 6.30. The molecular formula is C13H12F2N2O2. The fourth-order valence-corrected chi connectivity index (χ4v) is 2.07. The van der Waals surface area contributed by atoms with Crippen LogP contribution in [-0.2, 0) is 4.74 Å². The minimum absolute atomic E-state index is 0.125. The van der Waals surface area contributed by atoms with E-state index in [9.17, 15) is 13.6 Å². The van der Waals surface area contributed by atoms with Gasteiger partial charge in [-0.1, -0.05) is 0 Å². The van der Waals surface area contributed by atoms with Crippen LogP contribution in [0.1, 0.15) is 22.3 Å². The molecule has 1 aliphatic heterocycles. The fourth-order valence-electron chi connectivity index (χ4n) is 2.07. The number of alkyl halides is 2. The van der Waals surface area contributed by atoms with Gasteiger partial charge in [0.05, 0.1) is 24.8 Å². The van der Waals surface area contributed by atoms with Gasteiger partial charge in [-0.05, 0) is 18.2 Å². The van der Waals surface area contributed by atoms with Gasteiger partial charge in [-0.25, -0.2) is 13.6 Å². The summed E-state index contributed by atoms with van der Waals surface area (Å²) in [6.45, 7) is -0.134. The largest absolute Gasteiger partial charge is 0.465 e. The van der Waals surface area contributed by atoms with Gasteiger partial charge in [-0.15, -0.1) is 0 Å². The van der Waals surface area contributed by atoms with E-state index in [1.807, 2.05) is 6.07 Å². The van der Waals surface area contributed by atoms with E-state index in [2.05, 4.69) is 4.74 Å².